The number of hydrogen-bond donors (Lipinski definition) is 1. The van der Waals surface area contributed by atoms with Crippen LogP contribution in [0.1, 0.15) is 30.5 Å². The Balaban J connectivity index is 0.00000261. The molecule has 1 saturated heterocycles. The van der Waals surface area contributed by atoms with E-state index < -0.39 is 11.6 Å². The zero-order valence-corrected chi connectivity index (χ0v) is 15.9. The van der Waals surface area contributed by atoms with E-state index in [0.29, 0.717) is 12.1 Å². The van der Waals surface area contributed by atoms with Crippen LogP contribution in [0.15, 0.2) is 42.6 Å². The second kappa shape index (κ2) is 10.3. The number of nitrogens with zero attached hydrogens (tertiary/aromatic N) is 2. The van der Waals surface area contributed by atoms with E-state index in [0.717, 1.165) is 50.2 Å². The Morgan fingerprint density at radius 3 is 2.74 bits per heavy atom. The molecule has 1 aliphatic heterocycles. The number of pyridine rings is 1. The van der Waals surface area contributed by atoms with Crippen molar-refractivity contribution in [3.05, 3.63) is 65.5 Å². The van der Waals surface area contributed by atoms with Crippen LogP contribution in [0.4, 0.5) is 8.78 Å². The first-order valence-electron chi connectivity index (χ1n) is 8.97. The molecule has 1 fully saturated rings. The van der Waals surface area contributed by atoms with Gasteiger partial charge in [-0.15, -0.1) is 12.4 Å². The van der Waals surface area contributed by atoms with E-state index in [4.69, 9.17) is 0 Å². The van der Waals surface area contributed by atoms with Crippen LogP contribution in [0.5, 0.6) is 0 Å². The number of aromatic nitrogens is 1. The number of carbonyl (C=O) groups excluding carboxylic acids is 1. The summed E-state index contributed by atoms with van der Waals surface area (Å²) >= 11 is 0. The Kier molecular flexibility index (Phi) is 8.13. The first-order chi connectivity index (χ1) is 12.6. The van der Waals surface area contributed by atoms with Crippen molar-refractivity contribution in [3.8, 4) is 0 Å². The third kappa shape index (κ3) is 5.97. The molecule has 0 radical (unpaired) electrons. The summed E-state index contributed by atoms with van der Waals surface area (Å²) in [4.78, 5) is 19.2. The smallest absolute Gasteiger partial charge is 0.227 e. The summed E-state index contributed by atoms with van der Waals surface area (Å²) in [5.41, 5.74) is 1.30. The fourth-order valence-electron chi connectivity index (χ4n) is 3.33. The molecule has 2 aromatic rings. The number of nitrogens with one attached hydrogen (secondary N) is 1. The Hall–Kier alpha value is -2.05. The Morgan fingerprint density at radius 1 is 1.15 bits per heavy atom. The van der Waals surface area contributed by atoms with Gasteiger partial charge in [0.1, 0.15) is 0 Å². The highest BCUT2D eigenvalue weighted by atomic mass is 35.5. The van der Waals surface area contributed by atoms with E-state index in [1.165, 1.54) is 6.07 Å². The lowest BCUT2D eigenvalue weighted by atomic mass is 10.0. The fraction of sp³-hybridized carbons (Fsp3) is 0.400. The first kappa shape index (κ1) is 21.3. The van der Waals surface area contributed by atoms with Crippen LogP contribution in [0.2, 0.25) is 0 Å². The Morgan fingerprint density at radius 2 is 2.00 bits per heavy atom. The van der Waals surface area contributed by atoms with Crippen LogP contribution in [0.25, 0.3) is 0 Å². The Labute approximate surface area is 164 Å². The lowest BCUT2D eigenvalue weighted by molar-refractivity contribution is -0.133. The van der Waals surface area contributed by atoms with Crippen molar-refractivity contribution in [1.82, 2.24) is 15.2 Å². The number of halogens is 3. The second-order valence-corrected chi connectivity index (χ2v) is 6.60. The van der Waals surface area contributed by atoms with Gasteiger partial charge in [0.25, 0.3) is 0 Å². The minimum atomic E-state index is -0.926. The number of benzene rings is 1. The number of rotatable bonds is 5. The number of amides is 1. The molecule has 146 valence electrons. The summed E-state index contributed by atoms with van der Waals surface area (Å²) in [6.45, 7) is 2.24. The highest BCUT2D eigenvalue weighted by Gasteiger charge is 2.25. The van der Waals surface area contributed by atoms with E-state index >= 15 is 0 Å². The minimum Gasteiger partial charge on any atom is -0.333 e. The van der Waals surface area contributed by atoms with Gasteiger partial charge in [-0.3, -0.25) is 9.78 Å². The lowest BCUT2D eigenvalue weighted by Gasteiger charge is -2.31. The summed E-state index contributed by atoms with van der Waals surface area (Å²) in [5, 5.41) is 3.35. The van der Waals surface area contributed by atoms with Gasteiger partial charge >= 0.3 is 0 Å². The van der Waals surface area contributed by atoms with Crippen LogP contribution in [0, 0.1) is 11.6 Å². The topological polar surface area (TPSA) is 45.2 Å². The molecule has 1 atom stereocenters. The van der Waals surface area contributed by atoms with Crippen molar-refractivity contribution in [2.24, 2.45) is 0 Å². The van der Waals surface area contributed by atoms with E-state index in [2.05, 4.69) is 10.3 Å². The van der Waals surface area contributed by atoms with Crippen LogP contribution in [-0.2, 0) is 17.8 Å². The lowest BCUT2D eigenvalue weighted by Crippen LogP contribution is -2.41. The maximum absolute atomic E-state index is 13.5. The average molecular weight is 396 g/mol. The zero-order chi connectivity index (χ0) is 18.4. The maximum atomic E-state index is 13.5. The van der Waals surface area contributed by atoms with E-state index in [9.17, 15) is 13.6 Å². The highest BCUT2D eigenvalue weighted by Crippen LogP contribution is 2.19. The third-order valence-electron chi connectivity index (χ3n) is 4.70. The Bertz CT molecular complexity index is 737. The van der Waals surface area contributed by atoms with E-state index in [-0.39, 0.29) is 30.8 Å². The van der Waals surface area contributed by atoms with E-state index in [1.807, 2.05) is 23.1 Å². The van der Waals surface area contributed by atoms with E-state index in [1.54, 1.807) is 6.20 Å². The minimum absolute atomic E-state index is 0. The number of carbonyl (C=O) groups is 1. The molecule has 1 N–H and O–H groups in total. The fourth-order valence-corrected chi connectivity index (χ4v) is 3.33. The molecular weight excluding hydrogens is 372 g/mol. The quantitative estimate of drug-likeness (QED) is 0.842. The van der Waals surface area contributed by atoms with Gasteiger partial charge in [0.2, 0.25) is 5.91 Å². The van der Waals surface area contributed by atoms with Gasteiger partial charge < -0.3 is 10.2 Å². The zero-order valence-electron chi connectivity index (χ0n) is 15.0. The van der Waals surface area contributed by atoms with Crippen LogP contribution >= 0.6 is 12.4 Å². The van der Waals surface area contributed by atoms with Crippen molar-refractivity contribution in [2.45, 2.75) is 38.3 Å². The van der Waals surface area contributed by atoms with Crippen molar-refractivity contribution in [2.75, 3.05) is 13.1 Å². The third-order valence-corrected chi connectivity index (χ3v) is 4.70. The molecule has 7 heteroatoms. The van der Waals surface area contributed by atoms with Crippen LogP contribution in [-0.4, -0.2) is 34.9 Å². The molecule has 3 rings (SSSR count). The van der Waals surface area contributed by atoms with Gasteiger partial charge in [-0.2, -0.15) is 0 Å². The molecule has 1 aliphatic rings. The molecule has 0 bridgehead atoms. The molecule has 2 heterocycles. The summed E-state index contributed by atoms with van der Waals surface area (Å²) in [6, 6.07) is 9.38. The van der Waals surface area contributed by atoms with Crippen molar-refractivity contribution >= 4 is 18.3 Å². The molecule has 27 heavy (non-hydrogen) atoms. The summed E-state index contributed by atoms with van der Waals surface area (Å²) < 4.78 is 26.6. The average Bonchev–Trinajstić information content (AvgIpc) is 2.93. The molecule has 1 unspecified atom stereocenters. The van der Waals surface area contributed by atoms with Gasteiger partial charge in [0, 0.05) is 12.2 Å². The molecule has 1 amide bonds. The molecule has 4 nitrogen and oxygen atoms in total. The van der Waals surface area contributed by atoms with Gasteiger partial charge in [-0.25, -0.2) is 8.78 Å². The molecule has 0 spiro atoms. The standard InChI is InChI=1S/C20H23F2N3O.ClH/c21-18-7-6-15(12-19(18)22)13-20(26)25(14-16-4-1-2-10-24-16)17-5-3-9-23-11-8-17;/h1-2,4,6-7,10,12,17,23H,3,5,8-9,11,13-14H2;1H. The second-order valence-electron chi connectivity index (χ2n) is 6.60. The molecular formula is C20H24ClF2N3O. The summed E-state index contributed by atoms with van der Waals surface area (Å²) in [6.07, 6.45) is 4.55. The number of hydrogen-bond acceptors (Lipinski definition) is 3. The van der Waals surface area contributed by atoms with Crippen molar-refractivity contribution in [3.63, 3.8) is 0 Å². The summed E-state index contributed by atoms with van der Waals surface area (Å²) in [5.74, 6) is -1.92. The molecule has 1 aromatic carbocycles. The van der Waals surface area contributed by atoms with Gasteiger partial charge in [0.15, 0.2) is 11.6 Å². The highest BCUT2D eigenvalue weighted by molar-refractivity contribution is 5.85. The molecule has 0 saturated carbocycles. The van der Waals surface area contributed by atoms with Crippen LogP contribution in [0.3, 0.4) is 0 Å². The SMILES string of the molecule is Cl.O=C(Cc1ccc(F)c(F)c1)N(Cc1ccccn1)C1CCCNCC1. The van der Waals surface area contributed by atoms with Crippen molar-refractivity contribution in [1.29, 1.82) is 0 Å². The monoisotopic (exact) mass is 395 g/mol. The molecule has 1 aromatic heterocycles. The normalized spacial score (nSPS) is 16.9. The first-order valence-corrected chi connectivity index (χ1v) is 8.97. The molecule has 0 aliphatic carbocycles. The predicted octanol–water partition coefficient (Wildman–Crippen LogP) is 3.50. The predicted molar refractivity (Wildman–Crippen MR) is 103 cm³/mol. The van der Waals surface area contributed by atoms with Crippen LogP contribution < -0.4 is 5.32 Å². The van der Waals surface area contributed by atoms with Gasteiger partial charge in [0.05, 0.1) is 18.7 Å². The van der Waals surface area contributed by atoms with Crippen molar-refractivity contribution < 1.29 is 13.6 Å². The summed E-state index contributed by atoms with van der Waals surface area (Å²) in [7, 11) is 0. The largest absolute Gasteiger partial charge is 0.333 e. The van der Waals surface area contributed by atoms with Gasteiger partial charge in [-0.05, 0) is 62.2 Å². The maximum Gasteiger partial charge on any atom is 0.227 e. The van der Waals surface area contributed by atoms with Gasteiger partial charge in [-0.1, -0.05) is 12.1 Å².